The molecule has 1 amide bonds. The number of ether oxygens (including phenoxy) is 3. The molecule has 0 atom stereocenters. The molecule has 39 heavy (non-hydrogen) atoms. The topological polar surface area (TPSA) is 151 Å². The van der Waals surface area contributed by atoms with Crippen LogP contribution in [0.4, 0.5) is 11.4 Å². The van der Waals surface area contributed by atoms with Gasteiger partial charge in [0.2, 0.25) is 0 Å². The number of nitrogens with one attached hydrogen (secondary N) is 1. The summed E-state index contributed by atoms with van der Waals surface area (Å²) >= 11 is 1.03. The van der Waals surface area contributed by atoms with Crippen LogP contribution in [0.1, 0.15) is 21.5 Å². The van der Waals surface area contributed by atoms with Crippen molar-refractivity contribution in [2.24, 2.45) is 0 Å². The zero-order chi connectivity index (χ0) is 28.3. The summed E-state index contributed by atoms with van der Waals surface area (Å²) in [5, 5.41) is 14.2. The number of esters is 1. The van der Waals surface area contributed by atoms with E-state index in [1.165, 1.54) is 44.6 Å². The molecule has 1 aliphatic heterocycles. The van der Waals surface area contributed by atoms with Crippen molar-refractivity contribution in [3.8, 4) is 11.5 Å². The van der Waals surface area contributed by atoms with Crippen molar-refractivity contribution in [3.05, 3.63) is 86.3 Å². The third-order valence-electron chi connectivity index (χ3n) is 5.80. The number of carbonyl (C=O) groups excluding carboxylic acids is 2. The van der Waals surface area contributed by atoms with E-state index in [-0.39, 0.29) is 32.3 Å². The Morgan fingerprint density at radius 2 is 1.74 bits per heavy atom. The molecule has 1 heterocycles. The molecule has 11 nitrogen and oxygen atoms in total. The minimum absolute atomic E-state index is 0.00285. The normalized spacial score (nSPS) is 13.8. The van der Waals surface area contributed by atoms with Gasteiger partial charge in [-0.25, -0.2) is 13.2 Å². The number of amides is 1. The number of sulfone groups is 1. The molecule has 0 saturated carbocycles. The maximum atomic E-state index is 13.3. The van der Waals surface area contributed by atoms with E-state index in [0.717, 1.165) is 24.9 Å². The van der Waals surface area contributed by atoms with Crippen molar-refractivity contribution < 1.29 is 37.1 Å². The average molecular weight is 571 g/mol. The number of rotatable bonds is 8. The van der Waals surface area contributed by atoms with E-state index < -0.39 is 32.4 Å². The number of thioether (sulfide) groups is 1. The summed E-state index contributed by atoms with van der Waals surface area (Å²) in [5.41, 5.74) is 0.378. The lowest BCUT2D eigenvalue weighted by Gasteiger charge is -2.20. The first-order valence-electron chi connectivity index (χ1n) is 11.2. The minimum Gasteiger partial charge on any atom is -0.496 e. The molecule has 1 N–H and O–H groups in total. The Labute approximate surface area is 227 Å². The van der Waals surface area contributed by atoms with Crippen LogP contribution in [-0.4, -0.2) is 46.5 Å². The molecule has 0 unspecified atom stereocenters. The second kappa shape index (κ2) is 11.2. The van der Waals surface area contributed by atoms with E-state index in [9.17, 15) is 28.1 Å². The predicted octanol–water partition coefficient (Wildman–Crippen LogP) is 4.46. The summed E-state index contributed by atoms with van der Waals surface area (Å²) in [6, 6.07) is 13.1. The zero-order valence-corrected chi connectivity index (χ0v) is 22.6. The second-order valence-corrected chi connectivity index (χ2v) is 11.2. The minimum atomic E-state index is -3.87. The van der Waals surface area contributed by atoms with E-state index in [2.05, 4.69) is 10.1 Å². The molecule has 0 aliphatic carbocycles. The predicted molar refractivity (Wildman–Crippen MR) is 144 cm³/mol. The largest absolute Gasteiger partial charge is 0.496 e. The van der Waals surface area contributed by atoms with Gasteiger partial charge in [-0.15, -0.1) is 0 Å². The van der Waals surface area contributed by atoms with Gasteiger partial charge in [0.1, 0.15) is 11.5 Å². The SMILES string of the molecule is COC(=O)c1ccc(/C=C2\Sc3ccc(S(=O)(=O)Cc4c(OC)cccc4OC)cc3NC2=O)c([N+](=O)[O-])c1. The molecule has 13 heteroatoms. The Morgan fingerprint density at radius 1 is 1.05 bits per heavy atom. The van der Waals surface area contributed by atoms with Gasteiger partial charge in [0.15, 0.2) is 9.84 Å². The fourth-order valence-corrected chi connectivity index (χ4v) is 6.21. The summed E-state index contributed by atoms with van der Waals surface area (Å²) in [5.74, 6) is -0.964. The van der Waals surface area contributed by atoms with Crippen LogP contribution in [0.25, 0.3) is 6.08 Å². The van der Waals surface area contributed by atoms with E-state index in [4.69, 9.17) is 9.47 Å². The Bertz CT molecular complexity index is 1610. The first-order valence-corrected chi connectivity index (χ1v) is 13.7. The van der Waals surface area contributed by atoms with Crippen LogP contribution in [0.5, 0.6) is 11.5 Å². The maximum Gasteiger partial charge on any atom is 0.338 e. The Morgan fingerprint density at radius 3 is 2.36 bits per heavy atom. The van der Waals surface area contributed by atoms with Crippen LogP contribution < -0.4 is 14.8 Å². The molecule has 0 spiro atoms. The molecular formula is C26H22N2O9S2. The van der Waals surface area contributed by atoms with Gasteiger partial charge in [0, 0.05) is 11.0 Å². The van der Waals surface area contributed by atoms with Gasteiger partial charge in [0.05, 0.1) is 64.2 Å². The Hall–Kier alpha value is -4.36. The van der Waals surface area contributed by atoms with E-state index in [1.54, 1.807) is 24.3 Å². The summed E-state index contributed by atoms with van der Waals surface area (Å²) in [7, 11) is 0.164. The van der Waals surface area contributed by atoms with Crippen LogP contribution in [0.15, 0.2) is 69.3 Å². The zero-order valence-electron chi connectivity index (χ0n) is 20.9. The summed E-state index contributed by atoms with van der Waals surface area (Å²) in [6.07, 6.45) is 1.33. The van der Waals surface area contributed by atoms with Crippen LogP contribution >= 0.6 is 11.8 Å². The molecule has 1 aliphatic rings. The summed E-state index contributed by atoms with van der Waals surface area (Å²) < 4.78 is 41.8. The number of benzene rings is 3. The lowest BCUT2D eigenvalue weighted by Crippen LogP contribution is -2.18. The lowest BCUT2D eigenvalue weighted by molar-refractivity contribution is -0.385. The fraction of sp³-hybridized carbons (Fsp3) is 0.154. The van der Waals surface area contributed by atoms with Gasteiger partial charge in [-0.2, -0.15) is 0 Å². The fourth-order valence-electron chi connectivity index (χ4n) is 3.89. The van der Waals surface area contributed by atoms with E-state index in [0.29, 0.717) is 22.0 Å². The quantitative estimate of drug-likeness (QED) is 0.178. The number of carbonyl (C=O) groups is 2. The summed E-state index contributed by atoms with van der Waals surface area (Å²) in [6.45, 7) is 0. The third-order valence-corrected chi connectivity index (χ3v) is 8.54. The first-order chi connectivity index (χ1) is 18.6. The number of hydrogen-bond donors (Lipinski definition) is 1. The van der Waals surface area contributed by atoms with E-state index >= 15 is 0 Å². The summed E-state index contributed by atoms with van der Waals surface area (Å²) in [4.78, 5) is 36.2. The van der Waals surface area contributed by atoms with Gasteiger partial charge < -0.3 is 19.5 Å². The van der Waals surface area contributed by atoms with Crippen LogP contribution in [0, 0.1) is 10.1 Å². The van der Waals surface area contributed by atoms with Crippen molar-refractivity contribution in [2.75, 3.05) is 26.6 Å². The van der Waals surface area contributed by atoms with Gasteiger partial charge in [-0.3, -0.25) is 14.9 Å². The maximum absolute atomic E-state index is 13.3. The number of nitro groups is 1. The van der Waals surface area contributed by atoms with Crippen molar-refractivity contribution in [1.29, 1.82) is 0 Å². The lowest BCUT2D eigenvalue weighted by atomic mass is 10.1. The Balaban J connectivity index is 1.65. The molecule has 3 aromatic carbocycles. The molecular weight excluding hydrogens is 548 g/mol. The highest BCUT2D eigenvalue weighted by atomic mass is 32.2. The van der Waals surface area contributed by atoms with Crippen molar-refractivity contribution in [2.45, 2.75) is 15.5 Å². The van der Waals surface area contributed by atoms with Crippen molar-refractivity contribution in [3.63, 3.8) is 0 Å². The molecule has 0 bridgehead atoms. The number of fused-ring (bicyclic) bond motifs is 1. The molecule has 0 aromatic heterocycles. The van der Waals surface area contributed by atoms with Crippen molar-refractivity contribution in [1.82, 2.24) is 0 Å². The standard InChI is InChI=1S/C26H22N2O9S2/c1-35-21-5-4-6-22(36-2)18(21)14-39(33,34)17-9-10-23-19(13-17)27-25(29)24(38-23)12-15-7-8-16(26(30)37-3)11-20(15)28(31)32/h4-13H,14H2,1-3H3,(H,27,29)/b24-12-. The number of nitrogens with zero attached hydrogens (tertiary/aromatic N) is 1. The molecule has 0 saturated heterocycles. The van der Waals surface area contributed by atoms with Gasteiger partial charge >= 0.3 is 5.97 Å². The third kappa shape index (κ3) is 5.73. The molecule has 3 aromatic rings. The number of anilines is 1. The van der Waals surface area contributed by atoms with Gasteiger partial charge in [0.25, 0.3) is 11.6 Å². The highest BCUT2D eigenvalue weighted by Crippen LogP contribution is 2.41. The van der Waals surface area contributed by atoms with Gasteiger partial charge in [-0.05, 0) is 48.5 Å². The number of methoxy groups -OCH3 is 3. The number of hydrogen-bond acceptors (Lipinski definition) is 10. The van der Waals surface area contributed by atoms with Gasteiger partial charge in [-0.1, -0.05) is 17.8 Å². The van der Waals surface area contributed by atoms with Crippen LogP contribution in [0.2, 0.25) is 0 Å². The molecule has 202 valence electrons. The van der Waals surface area contributed by atoms with E-state index in [1.807, 2.05) is 0 Å². The highest BCUT2D eigenvalue weighted by molar-refractivity contribution is 8.04. The number of nitro benzene ring substituents is 1. The monoisotopic (exact) mass is 570 g/mol. The molecule has 0 fully saturated rings. The second-order valence-electron chi connectivity index (χ2n) is 8.15. The highest BCUT2D eigenvalue weighted by Gasteiger charge is 2.27. The first kappa shape index (κ1) is 27.7. The molecule has 4 rings (SSSR count). The smallest absolute Gasteiger partial charge is 0.338 e. The Kier molecular flexibility index (Phi) is 7.93. The van der Waals surface area contributed by atoms with Crippen molar-refractivity contribution >= 4 is 50.9 Å². The van der Waals surface area contributed by atoms with Crippen LogP contribution in [-0.2, 0) is 25.1 Å². The molecule has 0 radical (unpaired) electrons. The van der Waals surface area contributed by atoms with Crippen LogP contribution in [0.3, 0.4) is 0 Å². The average Bonchev–Trinajstić information content (AvgIpc) is 2.92.